The number of hydrogen-bond donors (Lipinski definition) is 2. The third-order valence-electron chi connectivity index (χ3n) is 3.49. The van der Waals surface area contributed by atoms with Crippen LogP contribution in [0.4, 0.5) is 5.69 Å². The lowest BCUT2D eigenvalue weighted by atomic mass is 9.98. The van der Waals surface area contributed by atoms with Crippen LogP contribution in [-0.2, 0) is 11.3 Å². The largest absolute Gasteiger partial charge is 0.396 e. The first-order valence-corrected chi connectivity index (χ1v) is 6.39. The first kappa shape index (κ1) is 14.5. The maximum atomic E-state index is 11.8. The first-order valence-electron chi connectivity index (χ1n) is 6.39. The SMILES string of the molecule is Cc1nn(CC(=O)NCC(C)C(C)C)c(C)c1N. The molecular formula is C13H24N4O. The van der Waals surface area contributed by atoms with Crippen LogP contribution in [0.2, 0.25) is 0 Å². The molecule has 0 aromatic carbocycles. The van der Waals surface area contributed by atoms with Crippen LogP contribution in [0.25, 0.3) is 0 Å². The number of carbonyl (C=O) groups is 1. The standard InChI is InChI=1S/C13H24N4O/c1-8(2)9(3)6-15-12(18)7-17-11(5)13(14)10(4)16-17/h8-9H,6-7,14H2,1-5H3,(H,15,18). The fourth-order valence-corrected chi connectivity index (χ4v) is 1.57. The summed E-state index contributed by atoms with van der Waals surface area (Å²) in [5, 5.41) is 7.17. The summed E-state index contributed by atoms with van der Waals surface area (Å²) >= 11 is 0. The van der Waals surface area contributed by atoms with Crippen molar-refractivity contribution in [3.05, 3.63) is 11.4 Å². The van der Waals surface area contributed by atoms with Crippen molar-refractivity contribution in [2.24, 2.45) is 11.8 Å². The number of nitrogens with one attached hydrogen (secondary N) is 1. The molecule has 1 atom stereocenters. The zero-order chi connectivity index (χ0) is 13.9. The fourth-order valence-electron chi connectivity index (χ4n) is 1.57. The number of aromatic nitrogens is 2. The zero-order valence-electron chi connectivity index (χ0n) is 11.9. The number of anilines is 1. The maximum absolute atomic E-state index is 11.8. The number of amides is 1. The van der Waals surface area contributed by atoms with Crippen molar-refractivity contribution in [1.82, 2.24) is 15.1 Å². The number of hydrogen-bond acceptors (Lipinski definition) is 3. The van der Waals surface area contributed by atoms with Gasteiger partial charge in [-0.2, -0.15) is 5.10 Å². The Hall–Kier alpha value is -1.52. The monoisotopic (exact) mass is 252 g/mol. The van der Waals surface area contributed by atoms with Gasteiger partial charge in [0.1, 0.15) is 6.54 Å². The lowest BCUT2D eigenvalue weighted by Gasteiger charge is -2.16. The van der Waals surface area contributed by atoms with Gasteiger partial charge in [0.05, 0.1) is 17.1 Å². The van der Waals surface area contributed by atoms with Gasteiger partial charge in [-0.1, -0.05) is 20.8 Å². The van der Waals surface area contributed by atoms with Gasteiger partial charge in [0.25, 0.3) is 0 Å². The van der Waals surface area contributed by atoms with Crippen molar-refractivity contribution >= 4 is 11.6 Å². The third-order valence-corrected chi connectivity index (χ3v) is 3.49. The van der Waals surface area contributed by atoms with E-state index in [-0.39, 0.29) is 12.5 Å². The van der Waals surface area contributed by atoms with Crippen LogP contribution in [0.3, 0.4) is 0 Å². The Labute approximate surface area is 109 Å². The van der Waals surface area contributed by atoms with Crippen LogP contribution in [0.1, 0.15) is 32.2 Å². The Morgan fingerprint density at radius 1 is 1.39 bits per heavy atom. The second-order valence-corrected chi connectivity index (χ2v) is 5.27. The van der Waals surface area contributed by atoms with Crippen LogP contribution in [0, 0.1) is 25.7 Å². The van der Waals surface area contributed by atoms with Crippen molar-refractivity contribution in [2.45, 2.75) is 41.2 Å². The van der Waals surface area contributed by atoms with E-state index in [0.29, 0.717) is 24.1 Å². The van der Waals surface area contributed by atoms with Gasteiger partial charge in [-0.3, -0.25) is 9.48 Å². The van der Waals surface area contributed by atoms with Gasteiger partial charge in [0.2, 0.25) is 5.91 Å². The molecule has 1 amide bonds. The molecule has 0 fully saturated rings. The van der Waals surface area contributed by atoms with Gasteiger partial charge in [0, 0.05) is 6.54 Å². The van der Waals surface area contributed by atoms with E-state index < -0.39 is 0 Å². The second-order valence-electron chi connectivity index (χ2n) is 5.27. The topological polar surface area (TPSA) is 72.9 Å². The highest BCUT2D eigenvalue weighted by Crippen LogP contribution is 2.14. The van der Waals surface area contributed by atoms with Crippen molar-refractivity contribution < 1.29 is 4.79 Å². The van der Waals surface area contributed by atoms with Gasteiger partial charge >= 0.3 is 0 Å². The average molecular weight is 252 g/mol. The van der Waals surface area contributed by atoms with Gasteiger partial charge in [0.15, 0.2) is 0 Å². The molecule has 18 heavy (non-hydrogen) atoms. The number of nitrogens with two attached hydrogens (primary N) is 1. The molecule has 5 heteroatoms. The fraction of sp³-hybridized carbons (Fsp3) is 0.692. The molecule has 0 aliphatic heterocycles. The maximum Gasteiger partial charge on any atom is 0.241 e. The summed E-state index contributed by atoms with van der Waals surface area (Å²) in [6.07, 6.45) is 0. The Morgan fingerprint density at radius 3 is 2.44 bits per heavy atom. The second kappa shape index (κ2) is 5.89. The van der Waals surface area contributed by atoms with Crippen molar-refractivity contribution in [3.63, 3.8) is 0 Å². The number of nitrogens with zero attached hydrogens (tertiary/aromatic N) is 2. The van der Waals surface area contributed by atoms with E-state index in [4.69, 9.17) is 5.73 Å². The lowest BCUT2D eigenvalue weighted by molar-refractivity contribution is -0.122. The minimum Gasteiger partial charge on any atom is -0.396 e. The zero-order valence-corrected chi connectivity index (χ0v) is 11.9. The van der Waals surface area contributed by atoms with E-state index in [1.165, 1.54) is 0 Å². The molecule has 1 rings (SSSR count). The minimum atomic E-state index is -0.0203. The number of aryl methyl sites for hydroxylation is 1. The predicted octanol–water partition coefficient (Wildman–Crippen LogP) is 1.49. The smallest absolute Gasteiger partial charge is 0.241 e. The average Bonchev–Trinajstić information content (AvgIpc) is 2.54. The number of carbonyl (C=O) groups excluding carboxylic acids is 1. The van der Waals surface area contributed by atoms with Crippen molar-refractivity contribution in [1.29, 1.82) is 0 Å². The van der Waals surface area contributed by atoms with Gasteiger partial charge < -0.3 is 11.1 Å². The summed E-state index contributed by atoms with van der Waals surface area (Å²) < 4.78 is 1.65. The summed E-state index contributed by atoms with van der Waals surface area (Å²) in [5.74, 6) is 1.02. The molecule has 3 N–H and O–H groups in total. The Bertz CT molecular complexity index is 423. The lowest BCUT2D eigenvalue weighted by Crippen LogP contribution is -2.33. The molecule has 1 heterocycles. The summed E-state index contributed by atoms with van der Waals surface area (Å²) in [4.78, 5) is 11.8. The highest BCUT2D eigenvalue weighted by molar-refractivity contribution is 5.75. The van der Waals surface area contributed by atoms with Crippen LogP contribution < -0.4 is 11.1 Å². The van der Waals surface area contributed by atoms with E-state index in [1.807, 2.05) is 13.8 Å². The quantitative estimate of drug-likeness (QED) is 0.834. The molecule has 0 aliphatic carbocycles. The normalized spacial score (nSPS) is 12.8. The Kier molecular flexibility index (Phi) is 4.76. The van der Waals surface area contributed by atoms with E-state index in [2.05, 4.69) is 31.2 Å². The van der Waals surface area contributed by atoms with Crippen LogP contribution in [0.5, 0.6) is 0 Å². The highest BCUT2D eigenvalue weighted by Gasteiger charge is 2.13. The summed E-state index contributed by atoms with van der Waals surface area (Å²) in [5.41, 5.74) is 8.11. The predicted molar refractivity (Wildman–Crippen MR) is 73.1 cm³/mol. The van der Waals surface area contributed by atoms with Crippen molar-refractivity contribution in [2.75, 3.05) is 12.3 Å². The Balaban J connectivity index is 2.52. The molecule has 0 radical (unpaired) electrons. The molecule has 1 unspecified atom stereocenters. The molecule has 5 nitrogen and oxygen atoms in total. The molecule has 102 valence electrons. The molecule has 1 aromatic rings. The third kappa shape index (κ3) is 3.48. The number of nitrogen functional groups attached to an aromatic ring is 1. The summed E-state index contributed by atoms with van der Waals surface area (Å²) in [6.45, 7) is 11.1. The summed E-state index contributed by atoms with van der Waals surface area (Å²) in [7, 11) is 0. The molecule has 0 saturated heterocycles. The molecule has 0 aliphatic rings. The van der Waals surface area contributed by atoms with E-state index in [0.717, 1.165) is 11.4 Å². The van der Waals surface area contributed by atoms with Crippen molar-refractivity contribution in [3.8, 4) is 0 Å². The first-order chi connectivity index (χ1) is 8.32. The van der Waals surface area contributed by atoms with Gasteiger partial charge in [-0.05, 0) is 25.7 Å². The van der Waals surface area contributed by atoms with Gasteiger partial charge in [-0.15, -0.1) is 0 Å². The van der Waals surface area contributed by atoms with E-state index in [1.54, 1.807) is 4.68 Å². The molecular weight excluding hydrogens is 228 g/mol. The summed E-state index contributed by atoms with van der Waals surface area (Å²) in [6, 6.07) is 0. The molecule has 0 spiro atoms. The van der Waals surface area contributed by atoms with Crippen LogP contribution in [0.15, 0.2) is 0 Å². The van der Waals surface area contributed by atoms with Crippen LogP contribution >= 0.6 is 0 Å². The van der Waals surface area contributed by atoms with Crippen LogP contribution in [-0.4, -0.2) is 22.2 Å². The molecule has 0 bridgehead atoms. The minimum absolute atomic E-state index is 0.0203. The Morgan fingerprint density at radius 2 is 2.00 bits per heavy atom. The number of rotatable bonds is 5. The molecule has 0 saturated carbocycles. The van der Waals surface area contributed by atoms with E-state index >= 15 is 0 Å². The van der Waals surface area contributed by atoms with E-state index in [9.17, 15) is 4.79 Å². The van der Waals surface area contributed by atoms with Gasteiger partial charge in [-0.25, -0.2) is 0 Å². The highest BCUT2D eigenvalue weighted by atomic mass is 16.2. The molecule has 1 aromatic heterocycles.